The highest BCUT2D eigenvalue weighted by Gasteiger charge is 2.44. The molecule has 1 fully saturated rings. The Bertz CT molecular complexity index is 1960. The van der Waals surface area contributed by atoms with E-state index in [9.17, 15) is 31.2 Å². The van der Waals surface area contributed by atoms with E-state index in [1.807, 2.05) is 0 Å². The van der Waals surface area contributed by atoms with Crippen LogP contribution in [0.5, 0.6) is 0 Å². The topological polar surface area (TPSA) is 145 Å². The van der Waals surface area contributed by atoms with Gasteiger partial charge in [0.15, 0.2) is 6.29 Å². The van der Waals surface area contributed by atoms with E-state index < -0.39 is 32.0 Å². The molecule has 0 aliphatic carbocycles. The first-order chi connectivity index (χ1) is 18.8. The molecule has 5 rings (SSSR count). The maximum Gasteiger partial charge on any atom is 0.268 e. The summed E-state index contributed by atoms with van der Waals surface area (Å²) in [5, 5.41) is 2.83. The molecule has 4 aromatic rings. The van der Waals surface area contributed by atoms with Gasteiger partial charge in [-0.1, -0.05) is 17.7 Å². The van der Waals surface area contributed by atoms with Crippen LogP contribution < -0.4 is 10.9 Å². The highest BCUT2D eigenvalue weighted by molar-refractivity contribution is 7.90. The van der Waals surface area contributed by atoms with E-state index in [0.717, 1.165) is 13.8 Å². The molecule has 1 N–H and O–H groups in total. The average molecular weight is 583 g/mol. The van der Waals surface area contributed by atoms with Gasteiger partial charge in [-0.15, -0.1) is 0 Å². The Hall–Kier alpha value is -4.07. The number of hydrogen-bond acceptors (Lipinski definition) is 7. The van der Waals surface area contributed by atoms with Crippen molar-refractivity contribution in [3.05, 3.63) is 88.0 Å². The van der Waals surface area contributed by atoms with Gasteiger partial charge in [-0.25, -0.2) is 20.8 Å². The van der Waals surface area contributed by atoms with Crippen molar-refractivity contribution >= 4 is 48.8 Å². The van der Waals surface area contributed by atoms with Gasteiger partial charge in [-0.05, 0) is 62.2 Å². The van der Waals surface area contributed by atoms with Gasteiger partial charge in [0.25, 0.3) is 15.6 Å². The highest BCUT2D eigenvalue weighted by Crippen LogP contribution is 2.36. The normalized spacial score (nSPS) is 16.0. The zero-order valence-corrected chi connectivity index (χ0v) is 23.5. The van der Waals surface area contributed by atoms with Crippen LogP contribution in [-0.2, 0) is 31.9 Å². The lowest BCUT2D eigenvalue weighted by atomic mass is 10.1. The minimum absolute atomic E-state index is 0.0262. The summed E-state index contributed by atoms with van der Waals surface area (Å²) in [5.74, 6) is -0.622. The number of carbonyl (C=O) groups is 2. The number of sulfonamides is 1. The molecule has 0 unspecified atom stereocenters. The maximum absolute atomic E-state index is 14.0. The second kappa shape index (κ2) is 9.84. The van der Waals surface area contributed by atoms with Gasteiger partial charge in [0.05, 0.1) is 16.1 Å². The molecule has 1 saturated heterocycles. The molecule has 0 saturated carbocycles. The number of anilines is 1. The molecular weight excluding hydrogens is 556 g/mol. The fourth-order valence-electron chi connectivity index (χ4n) is 4.69. The van der Waals surface area contributed by atoms with Crippen molar-refractivity contribution in [2.45, 2.75) is 36.1 Å². The van der Waals surface area contributed by atoms with E-state index in [1.54, 1.807) is 39.1 Å². The molecule has 0 radical (unpaired) electrons. The number of benzene rings is 2. The Morgan fingerprint density at radius 1 is 0.950 bits per heavy atom. The number of aldehydes is 1. The van der Waals surface area contributed by atoms with Gasteiger partial charge in [0, 0.05) is 36.9 Å². The molecule has 208 valence electrons. The second-order valence-corrected chi connectivity index (χ2v) is 13.4. The summed E-state index contributed by atoms with van der Waals surface area (Å²) in [4.78, 5) is 36.5. The number of amides is 1. The van der Waals surface area contributed by atoms with Crippen molar-refractivity contribution < 1.29 is 26.4 Å². The van der Waals surface area contributed by atoms with Gasteiger partial charge in [-0.3, -0.25) is 14.4 Å². The molecule has 3 heterocycles. The number of rotatable bonds is 7. The highest BCUT2D eigenvalue weighted by atomic mass is 32.2. The average Bonchev–Trinajstić information content (AvgIpc) is 3.24. The second-order valence-electron chi connectivity index (χ2n) is 9.74. The molecule has 1 aliphatic rings. The summed E-state index contributed by atoms with van der Waals surface area (Å²) in [5.41, 5.74) is 0.814. The molecule has 1 atom stereocenters. The minimum atomic E-state index is -4.41. The van der Waals surface area contributed by atoms with Gasteiger partial charge >= 0.3 is 0 Å². The SMILES string of the molecule is Cc1ccc(S(=O)(=O)n2c(C=O)cc3cc(C)cc(S(=O)(=O)N4CC[C@H]4C(=O)Nc4ccn(C)c(=O)c4)c32)cc1. The first-order valence-corrected chi connectivity index (χ1v) is 15.2. The minimum Gasteiger partial charge on any atom is -0.324 e. The molecular formula is C27H26N4O7S2. The summed E-state index contributed by atoms with van der Waals surface area (Å²) in [6, 6.07) is 11.9. The predicted octanol–water partition coefficient (Wildman–Crippen LogP) is 2.41. The molecule has 0 spiro atoms. The van der Waals surface area contributed by atoms with Crippen molar-refractivity contribution in [3.63, 3.8) is 0 Å². The molecule has 40 heavy (non-hydrogen) atoms. The number of carbonyl (C=O) groups excluding carboxylic acids is 2. The Balaban J connectivity index is 1.61. The van der Waals surface area contributed by atoms with Crippen molar-refractivity contribution in [3.8, 4) is 0 Å². The number of hydrogen-bond donors (Lipinski definition) is 1. The van der Waals surface area contributed by atoms with Crippen LogP contribution in [-0.4, -0.2) is 54.5 Å². The first-order valence-electron chi connectivity index (χ1n) is 12.3. The Morgan fingerprint density at radius 3 is 2.25 bits per heavy atom. The first kappa shape index (κ1) is 27.5. The molecule has 1 amide bonds. The summed E-state index contributed by atoms with van der Waals surface area (Å²) in [6.45, 7) is 3.47. The number of nitrogens with one attached hydrogen (secondary N) is 1. The van der Waals surface area contributed by atoms with Crippen LogP contribution in [0, 0.1) is 13.8 Å². The van der Waals surface area contributed by atoms with Crippen LogP contribution in [0.15, 0.2) is 75.4 Å². The van der Waals surface area contributed by atoms with Crippen molar-refractivity contribution in [1.82, 2.24) is 12.8 Å². The van der Waals surface area contributed by atoms with E-state index in [0.29, 0.717) is 11.8 Å². The Labute approximate surface area is 230 Å². The third kappa shape index (κ3) is 4.55. The van der Waals surface area contributed by atoms with Crippen LogP contribution >= 0.6 is 0 Å². The van der Waals surface area contributed by atoms with E-state index >= 15 is 0 Å². The smallest absolute Gasteiger partial charge is 0.268 e. The standard InChI is InChI=1S/C27H26N4O7S2/c1-17-4-6-22(7-5-17)39(35,36)31-21(16-32)14-19-12-18(2)13-24(26(19)31)40(37,38)30-11-9-23(30)27(34)28-20-8-10-29(3)25(33)15-20/h4-8,10,12-16,23H,9,11H2,1-3H3,(H,28,34)/t23-/m0/s1. The number of fused-ring (bicyclic) bond motifs is 1. The zero-order chi connectivity index (χ0) is 29.0. The lowest BCUT2D eigenvalue weighted by molar-refractivity contribution is -0.122. The third-order valence-corrected chi connectivity index (χ3v) is 10.6. The van der Waals surface area contributed by atoms with Crippen LogP contribution in [0.1, 0.15) is 28.0 Å². The fraction of sp³-hybridized carbons (Fsp3) is 0.222. The largest absolute Gasteiger partial charge is 0.324 e. The number of aryl methyl sites for hydroxylation is 3. The molecule has 1 aliphatic heterocycles. The van der Waals surface area contributed by atoms with Crippen LogP contribution in [0.25, 0.3) is 10.9 Å². The van der Waals surface area contributed by atoms with E-state index in [4.69, 9.17) is 0 Å². The maximum atomic E-state index is 14.0. The molecule has 0 bridgehead atoms. The third-order valence-electron chi connectivity index (χ3n) is 6.90. The Kier molecular flexibility index (Phi) is 6.76. The monoisotopic (exact) mass is 582 g/mol. The van der Waals surface area contributed by atoms with Crippen molar-refractivity contribution in [2.75, 3.05) is 11.9 Å². The van der Waals surface area contributed by atoms with Crippen molar-refractivity contribution in [1.29, 1.82) is 0 Å². The van der Waals surface area contributed by atoms with Crippen LogP contribution in [0.2, 0.25) is 0 Å². The van der Waals surface area contributed by atoms with Gasteiger partial charge in [0.2, 0.25) is 15.9 Å². The lowest BCUT2D eigenvalue weighted by Gasteiger charge is -2.38. The number of pyridine rings is 1. The van der Waals surface area contributed by atoms with Crippen molar-refractivity contribution in [2.24, 2.45) is 7.05 Å². The quantitative estimate of drug-likeness (QED) is 0.330. The molecule has 2 aromatic heterocycles. The molecule has 2 aromatic carbocycles. The van der Waals surface area contributed by atoms with Gasteiger partial charge in [-0.2, -0.15) is 4.31 Å². The predicted molar refractivity (Wildman–Crippen MR) is 148 cm³/mol. The summed E-state index contributed by atoms with van der Waals surface area (Å²) in [6.07, 6.45) is 2.07. The summed E-state index contributed by atoms with van der Waals surface area (Å²) >= 11 is 0. The molecule has 11 nitrogen and oxygen atoms in total. The summed E-state index contributed by atoms with van der Waals surface area (Å²) < 4.78 is 58.6. The fourth-order valence-corrected chi connectivity index (χ4v) is 8.18. The van der Waals surface area contributed by atoms with Gasteiger partial charge < -0.3 is 9.88 Å². The lowest BCUT2D eigenvalue weighted by Crippen LogP contribution is -2.56. The number of nitrogens with zero attached hydrogens (tertiary/aromatic N) is 3. The van der Waals surface area contributed by atoms with E-state index in [-0.39, 0.29) is 50.6 Å². The number of aromatic nitrogens is 2. The molecule has 13 heteroatoms. The zero-order valence-electron chi connectivity index (χ0n) is 21.9. The van der Waals surface area contributed by atoms with Crippen LogP contribution in [0.3, 0.4) is 0 Å². The van der Waals surface area contributed by atoms with Crippen LogP contribution in [0.4, 0.5) is 5.69 Å². The van der Waals surface area contributed by atoms with Gasteiger partial charge in [0.1, 0.15) is 10.9 Å². The Morgan fingerprint density at radius 2 is 1.65 bits per heavy atom. The van der Waals surface area contributed by atoms with E-state index in [1.165, 1.54) is 47.2 Å². The summed E-state index contributed by atoms with van der Waals surface area (Å²) in [7, 11) is -7.23. The van der Waals surface area contributed by atoms with E-state index in [2.05, 4.69) is 5.32 Å².